The number of nitrogens with zero attached hydrogens (tertiary/aromatic N) is 1. The Bertz CT molecular complexity index is 1810. The third kappa shape index (κ3) is 14.2. The van der Waals surface area contributed by atoms with E-state index in [0.717, 1.165) is 113 Å². The first-order valence-electron chi connectivity index (χ1n) is 20.5. The van der Waals surface area contributed by atoms with E-state index in [1.807, 2.05) is 48.5 Å². The Morgan fingerprint density at radius 2 is 1.16 bits per heavy atom. The number of benzene rings is 4. The van der Waals surface area contributed by atoms with Crippen molar-refractivity contribution in [3.05, 3.63) is 108 Å². The second-order valence-corrected chi connectivity index (χ2v) is 14.3. The lowest BCUT2D eigenvalue weighted by Crippen LogP contribution is -2.22. The average molecular weight is 778 g/mol. The first kappa shape index (κ1) is 41.7. The zero-order valence-electron chi connectivity index (χ0n) is 32.9. The van der Waals surface area contributed by atoms with Crippen molar-refractivity contribution >= 4 is 5.97 Å². The van der Waals surface area contributed by atoms with E-state index in [2.05, 4.69) is 6.07 Å². The van der Waals surface area contributed by atoms with Crippen LogP contribution in [0.4, 0.5) is 0 Å². The summed E-state index contributed by atoms with van der Waals surface area (Å²) in [5, 5.41) is 9.10. The standard InChI is InChI=1S/C47H55NO9/c48-34-36-13-17-38(18-14-36)39-19-23-41(24-20-39)57-47(49)43-26-25-42(33-44(43)51-28-9-10-32-55-46-12-4-8-31-54-46)56-35-37-15-21-40(22-16-37)50-27-5-1-2-6-29-52-45-11-3-7-30-53-45/h13-26,33,45-46H,1-12,27-32,35H2. The van der Waals surface area contributed by atoms with Crippen LogP contribution in [0, 0.1) is 11.3 Å². The maximum Gasteiger partial charge on any atom is 0.347 e. The molecule has 0 aliphatic carbocycles. The minimum atomic E-state index is -0.533. The molecule has 0 bridgehead atoms. The Balaban J connectivity index is 0.973. The molecule has 57 heavy (non-hydrogen) atoms. The number of rotatable bonds is 22. The Morgan fingerprint density at radius 1 is 0.596 bits per heavy atom. The highest BCUT2D eigenvalue weighted by atomic mass is 16.7. The molecular weight excluding hydrogens is 723 g/mol. The maximum absolute atomic E-state index is 13.5. The average Bonchev–Trinajstić information content (AvgIpc) is 3.26. The fraction of sp³-hybridized carbons (Fsp3) is 0.447. The Morgan fingerprint density at radius 3 is 1.79 bits per heavy atom. The van der Waals surface area contributed by atoms with Crippen LogP contribution in [-0.2, 0) is 25.6 Å². The number of carbonyl (C=O) groups excluding carboxylic acids is 1. The van der Waals surface area contributed by atoms with Crippen molar-refractivity contribution in [1.29, 1.82) is 5.26 Å². The van der Waals surface area contributed by atoms with Gasteiger partial charge in [0.2, 0.25) is 0 Å². The van der Waals surface area contributed by atoms with Crippen molar-refractivity contribution in [2.45, 2.75) is 96.2 Å². The molecule has 0 saturated carbocycles. The van der Waals surface area contributed by atoms with E-state index in [1.165, 1.54) is 6.42 Å². The van der Waals surface area contributed by atoms with Gasteiger partial charge in [0.05, 0.1) is 24.8 Å². The maximum atomic E-state index is 13.5. The van der Waals surface area contributed by atoms with Crippen molar-refractivity contribution in [2.24, 2.45) is 0 Å². The molecule has 2 heterocycles. The molecule has 2 fully saturated rings. The summed E-state index contributed by atoms with van der Waals surface area (Å²) < 4.78 is 47.0. The van der Waals surface area contributed by atoms with Crippen molar-refractivity contribution in [1.82, 2.24) is 0 Å². The van der Waals surface area contributed by atoms with Gasteiger partial charge in [-0.3, -0.25) is 0 Å². The number of nitriles is 1. The Kier molecular flexibility index (Phi) is 17.1. The monoisotopic (exact) mass is 777 g/mol. The highest BCUT2D eigenvalue weighted by molar-refractivity contribution is 5.94. The van der Waals surface area contributed by atoms with E-state index < -0.39 is 5.97 Å². The fourth-order valence-electron chi connectivity index (χ4n) is 6.59. The van der Waals surface area contributed by atoms with Gasteiger partial charge in [0.15, 0.2) is 12.6 Å². The van der Waals surface area contributed by atoms with Crippen LogP contribution < -0.4 is 18.9 Å². The normalized spacial score (nSPS) is 16.7. The predicted molar refractivity (Wildman–Crippen MR) is 217 cm³/mol. The topological polar surface area (TPSA) is 115 Å². The lowest BCUT2D eigenvalue weighted by Gasteiger charge is -2.22. The molecule has 4 aromatic carbocycles. The number of hydrogen-bond acceptors (Lipinski definition) is 10. The van der Waals surface area contributed by atoms with Crippen LogP contribution in [0.5, 0.6) is 23.0 Å². The third-order valence-corrected chi connectivity index (χ3v) is 9.90. The van der Waals surface area contributed by atoms with Crippen LogP contribution in [0.15, 0.2) is 91.0 Å². The van der Waals surface area contributed by atoms with Gasteiger partial charge in [-0.15, -0.1) is 0 Å². The van der Waals surface area contributed by atoms with E-state index in [4.69, 9.17) is 43.2 Å². The van der Waals surface area contributed by atoms with Crippen molar-refractivity contribution in [2.75, 3.05) is 39.6 Å². The molecule has 2 saturated heterocycles. The number of carbonyl (C=O) groups is 1. The minimum Gasteiger partial charge on any atom is -0.494 e. The molecular formula is C47H55NO9. The van der Waals surface area contributed by atoms with Crippen molar-refractivity contribution in [3.63, 3.8) is 0 Å². The van der Waals surface area contributed by atoms with Gasteiger partial charge in [0.25, 0.3) is 0 Å². The summed E-state index contributed by atoms with van der Waals surface area (Å²) in [4.78, 5) is 13.5. The minimum absolute atomic E-state index is 0.00866. The van der Waals surface area contributed by atoms with Gasteiger partial charge in [-0.2, -0.15) is 5.26 Å². The summed E-state index contributed by atoms with van der Waals surface area (Å²) in [6.45, 7) is 4.31. The van der Waals surface area contributed by atoms with Gasteiger partial charge in [-0.1, -0.05) is 42.8 Å². The molecule has 0 radical (unpaired) electrons. The first-order valence-corrected chi connectivity index (χ1v) is 20.5. The molecule has 4 aromatic rings. The summed E-state index contributed by atoms with van der Waals surface area (Å²) in [6.07, 6.45) is 12.1. The molecule has 2 atom stereocenters. The highest BCUT2D eigenvalue weighted by Crippen LogP contribution is 2.29. The van der Waals surface area contributed by atoms with Crippen molar-refractivity contribution < 1.29 is 42.7 Å². The summed E-state index contributed by atoms with van der Waals surface area (Å²) in [5.41, 5.74) is 3.79. The molecule has 0 spiro atoms. The second-order valence-electron chi connectivity index (χ2n) is 14.3. The molecule has 0 aromatic heterocycles. The number of unbranched alkanes of at least 4 members (excludes halogenated alkanes) is 4. The molecule has 2 aliphatic rings. The predicted octanol–water partition coefficient (Wildman–Crippen LogP) is 10.2. The van der Waals surface area contributed by atoms with Crippen LogP contribution in [0.3, 0.4) is 0 Å². The lowest BCUT2D eigenvalue weighted by molar-refractivity contribution is -0.163. The van der Waals surface area contributed by atoms with Gasteiger partial charge in [-0.25, -0.2) is 4.79 Å². The Labute approximate surface area is 336 Å². The Hall–Kier alpha value is -4.92. The van der Waals surface area contributed by atoms with Gasteiger partial charge in [-0.05, 0) is 136 Å². The summed E-state index contributed by atoms with van der Waals surface area (Å²) in [5.74, 6) is 1.66. The second kappa shape index (κ2) is 23.3. The molecule has 302 valence electrons. The lowest BCUT2D eigenvalue weighted by atomic mass is 10.0. The fourth-order valence-corrected chi connectivity index (χ4v) is 6.59. The van der Waals surface area contributed by atoms with E-state index in [9.17, 15) is 4.79 Å². The number of ether oxygens (including phenoxy) is 8. The van der Waals surface area contributed by atoms with Crippen molar-refractivity contribution in [3.8, 4) is 40.2 Å². The molecule has 2 unspecified atom stereocenters. The van der Waals surface area contributed by atoms with Crippen LogP contribution in [0.1, 0.15) is 98.5 Å². The highest BCUT2D eigenvalue weighted by Gasteiger charge is 2.18. The van der Waals surface area contributed by atoms with Gasteiger partial charge in [0, 0.05) is 32.5 Å². The van der Waals surface area contributed by atoms with Gasteiger partial charge < -0.3 is 37.9 Å². The summed E-state index contributed by atoms with van der Waals surface area (Å²) in [6, 6.07) is 29.8. The molecule has 10 nitrogen and oxygen atoms in total. The van der Waals surface area contributed by atoms with Crippen LogP contribution in [-0.4, -0.2) is 58.2 Å². The first-order chi connectivity index (χ1) is 28.1. The van der Waals surface area contributed by atoms with E-state index in [0.29, 0.717) is 54.8 Å². The molecule has 0 amide bonds. The molecule has 6 rings (SSSR count). The summed E-state index contributed by atoms with van der Waals surface area (Å²) in [7, 11) is 0. The number of esters is 1. The zero-order valence-corrected chi connectivity index (χ0v) is 32.9. The smallest absolute Gasteiger partial charge is 0.347 e. The largest absolute Gasteiger partial charge is 0.494 e. The zero-order chi connectivity index (χ0) is 39.3. The molecule has 10 heteroatoms. The van der Waals surface area contributed by atoms with Crippen LogP contribution in [0.25, 0.3) is 11.1 Å². The SMILES string of the molecule is N#Cc1ccc(-c2ccc(OC(=O)c3ccc(OCc4ccc(OCCCCCCOC5CCCCO5)cc4)cc3OCCCCOC3CCCCO3)cc2)cc1. The quantitative estimate of drug-likeness (QED) is 0.0434. The third-order valence-electron chi connectivity index (χ3n) is 9.90. The number of hydrogen-bond donors (Lipinski definition) is 0. The van der Waals surface area contributed by atoms with Gasteiger partial charge >= 0.3 is 5.97 Å². The van der Waals surface area contributed by atoms with Crippen LogP contribution >= 0.6 is 0 Å². The summed E-state index contributed by atoms with van der Waals surface area (Å²) >= 11 is 0. The van der Waals surface area contributed by atoms with E-state index in [-0.39, 0.29) is 12.6 Å². The van der Waals surface area contributed by atoms with E-state index >= 15 is 0 Å². The molecule has 2 aliphatic heterocycles. The molecule has 0 N–H and O–H groups in total. The van der Waals surface area contributed by atoms with Gasteiger partial charge in [0.1, 0.15) is 35.2 Å². The van der Waals surface area contributed by atoms with Crippen LogP contribution in [0.2, 0.25) is 0 Å². The van der Waals surface area contributed by atoms with E-state index in [1.54, 1.807) is 42.5 Å².